The van der Waals surface area contributed by atoms with Crippen LogP contribution in [0.1, 0.15) is 49.4 Å². The van der Waals surface area contributed by atoms with Crippen LogP contribution in [0.3, 0.4) is 0 Å². The van der Waals surface area contributed by atoms with Crippen LogP contribution in [0.5, 0.6) is 0 Å². The van der Waals surface area contributed by atoms with Crippen molar-refractivity contribution < 1.29 is 0 Å². The highest BCUT2D eigenvalue weighted by atomic mass is 14.9. The molecule has 1 fully saturated rings. The van der Waals surface area contributed by atoms with E-state index in [0.717, 1.165) is 16.9 Å². The molecule has 0 bridgehead atoms. The van der Waals surface area contributed by atoms with Crippen molar-refractivity contribution in [3.05, 3.63) is 29.6 Å². The standard InChI is InChI=1S/C14H15N3/c15-9-10-6-7-12-13(8-10)17-14(16-12)11-4-2-1-3-5-11/h6-8,11H,1-5H2,(H,16,17). The van der Waals surface area contributed by atoms with Gasteiger partial charge in [0.2, 0.25) is 0 Å². The molecule has 1 aromatic carbocycles. The number of aromatic amines is 1. The maximum atomic E-state index is 8.87. The summed E-state index contributed by atoms with van der Waals surface area (Å²) in [7, 11) is 0. The van der Waals surface area contributed by atoms with E-state index >= 15 is 0 Å². The molecular weight excluding hydrogens is 210 g/mol. The average molecular weight is 225 g/mol. The lowest BCUT2D eigenvalue weighted by atomic mass is 9.89. The van der Waals surface area contributed by atoms with Gasteiger partial charge >= 0.3 is 0 Å². The van der Waals surface area contributed by atoms with Crippen LogP contribution >= 0.6 is 0 Å². The molecule has 0 atom stereocenters. The van der Waals surface area contributed by atoms with Gasteiger partial charge in [0.25, 0.3) is 0 Å². The Balaban J connectivity index is 1.98. The highest BCUT2D eigenvalue weighted by Crippen LogP contribution is 2.31. The molecular formula is C14H15N3. The molecule has 1 heterocycles. The molecule has 1 aliphatic carbocycles. The zero-order valence-electron chi connectivity index (χ0n) is 9.74. The van der Waals surface area contributed by atoms with E-state index in [0.29, 0.717) is 11.5 Å². The number of fused-ring (bicyclic) bond motifs is 1. The van der Waals surface area contributed by atoms with Gasteiger partial charge in [-0.3, -0.25) is 0 Å². The number of aromatic nitrogens is 2. The number of imidazole rings is 1. The topological polar surface area (TPSA) is 52.5 Å². The Labute approximate surface area is 100 Å². The molecule has 0 radical (unpaired) electrons. The zero-order valence-corrected chi connectivity index (χ0v) is 9.74. The van der Waals surface area contributed by atoms with Gasteiger partial charge < -0.3 is 4.98 Å². The lowest BCUT2D eigenvalue weighted by Gasteiger charge is -2.18. The minimum atomic E-state index is 0.585. The molecule has 0 aliphatic heterocycles. The van der Waals surface area contributed by atoms with Gasteiger partial charge in [-0.05, 0) is 31.0 Å². The van der Waals surface area contributed by atoms with Gasteiger partial charge in [-0.1, -0.05) is 19.3 Å². The van der Waals surface area contributed by atoms with Crippen molar-refractivity contribution in [1.82, 2.24) is 9.97 Å². The zero-order chi connectivity index (χ0) is 11.7. The molecule has 2 aromatic rings. The maximum absolute atomic E-state index is 8.87. The van der Waals surface area contributed by atoms with Crippen LogP contribution in [-0.2, 0) is 0 Å². The summed E-state index contributed by atoms with van der Waals surface area (Å²) in [6.45, 7) is 0. The third-order valence-corrected chi connectivity index (χ3v) is 3.62. The van der Waals surface area contributed by atoms with Crippen LogP contribution in [0.2, 0.25) is 0 Å². The summed E-state index contributed by atoms with van der Waals surface area (Å²) in [5.41, 5.74) is 2.66. The van der Waals surface area contributed by atoms with Crippen LogP contribution in [-0.4, -0.2) is 9.97 Å². The molecule has 1 saturated carbocycles. The van der Waals surface area contributed by atoms with Crippen molar-refractivity contribution >= 4 is 11.0 Å². The average Bonchev–Trinajstić information content (AvgIpc) is 2.82. The Kier molecular flexibility index (Phi) is 2.56. The Hall–Kier alpha value is -1.82. The van der Waals surface area contributed by atoms with Gasteiger partial charge in [-0.2, -0.15) is 5.26 Å². The summed E-state index contributed by atoms with van der Waals surface area (Å²) in [6, 6.07) is 7.80. The van der Waals surface area contributed by atoms with E-state index in [-0.39, 0.29) is 0 Å². The van der Waals surface area contributed by atoms with E-state index in [2.05, 4.69) is 16.0 Å². The summed E-state index contributed by atoms with van der Waals surface area (Å²) in [6.07, 6.45) is 6.46. The van der Waals surface area contributed by atoms with Crippen LogP contribution in [0, 0.1) is 11.3 Å². The molecule has 3 nitrogen and oxygen atoms in total. The number of nitrogens with zero attached hydrogens (tertiary/aromatic N) is 2. The maximum Gasteiger partial charge on any atom is 0.110 e. The molecule has 17 heavy (non-hydrogen) atoms. The van der Waals surface area contributed by atoms with Gasteiger partial charge in [0.15, 0.2) is 0 Å². The van der Waals surface area contributed by atoms with E-state index < -0.39 is 0 Å². The minimum absolute atomic E-state index is 0.585. The molecule has 0 saturated heterocycles. The third-order valence-electron chi connectivity index (χ3n) is 3.62. The van der Waals surface area contributed by atoms with Crippen molar-refractivity contribution in [2.24, 2.45) is 0 Å². The Morgan fingerprint density at radius 1 is 1.24 bits per heavy atom. The molecule has 0 unspecified atom stereocenters. The van der Waals surface area contributed by atoms with E-state index in [1.165, 1.54) is 32.1 Å². The second-order valence-corrected chi connectivity index (χ2v) is 4.80. The van der Waals surface area contributed by atoms with E-state index in [1.807, 2.05) is 18.2 Å². The van der Waals surface area contributed by atoms with Gasteiger partial charge in [-0.25, -0.2) is 4.98 Å². The number of nitriles is 1. The fourth-order valence-electron chi connectivity index (χ4n) is 2.67. The van der Waals surface area contributed by atoms with Crippen molar-refractivity contribution in [3.8, 4) is 6.07 Å². The highest BCUT2D eigenvalue weighted by molar-refractivity contribution is 5.76. The van der Waals surface area contributed by atoms with Crippen LogP contribution in [0.25, 0.3) is 11.0 Å². The lowest BCUT2D eigenvalue weighted by molar-refractivity contribution is 0.431. The summed E-state index contributed by atoms with van der Waals surface area (Å²) in [5.74, 6) is 1.69. The molecule has 86 valence electrons. The first-order valence-electron chi connectivity index (χ1n) is 6.26. The van der Waals surface area contributed by atoms with Crippen molar-refractivity contribution in [3.63, 3.8) is 0 Å². The quantitative estimate of drug-likeness (QED) is 0.807. The largest absolute Gasteiger partial charge is 0.342 e. The first-order valence-corrected chi connectivity index (χ1v) is 6.26. The fraction of sp³-hybridized carbons (Fsp3) is 0.429. The van der Waals surface area contributed by atoms with Crippen LogP contribution in [0.4, 0.5) is 0 Å². The monoisotopic (exact) mass is 225 g/mol. The predicted molar refractivity (Wildman–Crippen MR) is 66.6 cm³/mol. The second-order valence-electron chi connectivity index (χ2n) is 4.80. The Morgan fingerprint density at radius 3 is 2.82 bits per heavy atom. The smallest absolute Gasteiger partial charge is 0.110 e. The number of nitrogens with one attached hydrogen (secondary N) is 1. The van der Waals surface area contributed by atoms with Gasteiger partial charge in [0.1, 0.15) is 5.82 Å². The molecule has 0 amide bonds. The van der Waals surface area contributed by atoms with Crippen LogP contribution in [0.15, 0.2) is 18.2 Å². The normalized spacial score (nSPS) is 17.1. The van der Waals surface area contributed by atoms with Crippen molar-refractivity contribution in [1.29, 1.82) is 5.26 Å². The Bertz CT molecular complexity index is 571. The number of rotatable bonds is 1. The van der Waals surface area contributed by atoms with E-state index in [1.54, 1.807) is 0 Å². The van der Waals surface area contributed by atoms with E-state index in [9.17, 15) is 0 Å². The minimum Gasteiger partial charge on any atom is -0.342 e. The van der Waals surface area contributed by atoms with Gasteiger partial charge in [0.05, 0.1) is 22.7 Å². The second kappa shape index (κ2) is 4.21. The summed E-state index contributed by atoms with van der Waals surface area (Å²) < 4.78 is 0. The lowest BCUT2D eigenvalue weighted by Crippen LogP contribution is -2.05. The summed E-state index contributed by atoms with van der Waals surface area (Å²) >= 11 is 0. The first-order chi connectivity index (χ1) is 8.36. The Morgan fingerprint density at radius 2 is 2.06 bits per heavy atom. The van der Waals surface area contributed by atoms with Gasteiger partial charge in [-0.15, -0.1) is 0 Å². The number of hydrogen-bond acceptors (Lipinski definition) is 2. The fourth-order valence-corrected chi connectivity index (χ4v) is 2.67. The third kappa shape index (κ3) is 1.91. The van der Waals surface area contributed by atoms with Crippen LogP contribution < -0.4 is 0 Å². The SMILES string of the molecule is N#Cc1ccc2nc(C3CCCCC3)[nH]c2c1. The molecule has 3 rings (SSSR count). The molecule has 3 heteroatoms. The first kappa shape index (κ1) is 10.3. The number of benzene rings is 1. The molecule has 1 aliphatic rings. The summed E-state index contributed by atoms with van der Waals surface area (Å²) in [5, 5.41) is 8.87. The number of hydrogen-bond donors (Lipinski definition) is 1. The molecule has 1 aromatic heterocycles. The summed E-state index contributed by atoms with van der Waals surface area (Å²) in [4.78, 5) is 8.02. The van der Waals surface area contributed by atoms with Crippen molar-refractivity contribution in [2.75, 3.05) is 0 Å². The van der Waals surface area contributed by atoms with Crippen molar-refractivity contribution in [2.45, 2.75) is 38.0 Å². The molecule has 0 spiro atoms. The highest BCUT2D eigenvalue weighted by Gasteiger charge is 2.18. The predicted octanol–water partition coefficient (Wildman–Crippen LogP) is 3.48. The van der Waals surface area contributed by atoms with E-state index in [4.69, 9.17) is 5.26 Å². The molecule has 1 N–H and O–H groups in total. The number of H-pyrrole nitrogens is 1. The van der Waals surface area contributed by atoms with Gasteiger partial charge in [0, 0.05) is 5.92 Å².